The van der Waals surface area contributed by atoms with Crippen molar-refractivity contribution >= 4 is 0 Å². The smallest absolute Gasteiger partial charge is 0.0796 e. The second-order valence-corrected chi connectivity index (χ2v) is 3.65. The summed E-state index contributed by atoms with van der Waals surface area (Å²) < 4.78 is 0. The van der Waals surface area contributed by atoms with Gasteiger partial charge in [-0.2, -0.15) is 0 Å². The maximum atomic E-state index is 9.26. The summed E-state index contributed by atoms with van der Waals surface area (Å²) in [6.07, 6.45) is 5.16. The summed E-state index contributed by atoms with van der Waals surface area (Å²) >= 11 is 0. The highest BCUT2D eigenvalue weighted by atomic mass is 16.3. The van der Waals surface area contributed by atoms with Crippen LogP contribution < -0.4 is 5.73 Å². The van der Waals surface area contributed by atoms with Gasteiger partial charge in [0, 0.05) is 0 Å². The number of aliphatic hydroxyl groups excluding tert-OH is 2. The van der Waals surface area contributed by atoms with Gasteiger partial charge in [-0.3, -0.25) is 0 Å². The van der Waals surface area contributed by atoms with Crippen molar-refractivity contribution in [3.63, 3.8) is 0 Å². The number of aliphatic hydroxyl groups is 2. The highest BCUT2D eigenvalue weighted by Gasteiger charge is 2.09. The van der Waals surface area contributed by atoms with Gasteiger partial charge >= 0.3 is 0 Å². The standard InChI is InChI=1S/C10H23NO2/c1-9(12)10(13)7-5-3-2-4-6-8-11/h9-10,12-13H,2-8,11H2,1H3. The van der Waals surface area contributed by atoms with Crippen molar-refractivity contribution in [1.29, 1.82) is 0 Å². The predicted octanol–water partition coefficient (Wildman–Crippen LogP) is 1.03. The van der Waals surface area contributed by atoms with Gasteiger partial charge in [-0.1, -0.05) is 25.7 Å². The molecule has 0 amide bonds. The Balaban J connectivity index is 3.07. The summed E-state index contributed by atoms with van der Waals surface area (Å²) in [4.78, 5) is 0. The van der Waals surface area contributed by atoms with E-state index in [0.29, 0.717) is 6.42 Å². The van der Waals surface area contributed by atoms with E-state index in [1.54, 1.807) is 6.92 Å². The van der Waals surface area contributed by atoms with E-state index in [4.69, 9.17) is 10.8 Å². The third-order valence-electron chi connectivity index (χ3n) is 2.26. The maximum Gasteiger partial charge on any atom is 0.0796 e. The molecule has 0 aromatic rings. The molecule has 13 heavy (non-hydrogen) atoms. The van der Waals surface area contributed by atoms with Gasteiger partial charge in [0.05, 0.1) is 12.2 Å². The summed E-state index contributed by atoms with van der Waals surface area (Å²) in [7, 11) is 0. The van der Waals surface area contributed by atoms with Crippen molar-refractivity contribution in [3.05, 3.63) is 0 Å². The average molecular weight is 189 g/mol. The Morgan fingerprint density at radius 2 is 1.54 bits per heavy atom. The number of nitrogens with two attached hydrogens (primary N) is 1. The van der Waals surface area contributed by atoms with E-state index in [2.05, 4.69) is 0 Å². The largest absolute Gasteiger partial charge is 0.391 e. The minimum absolute atomic E-state index is 0.547. The zero-order chi connectivity index (χ0) is 10.1. The van der Waals surface area contributed by atoms with Gasteiger partial charge < -0.3 is 15.9 Å². The van der Waals surface area contributed by atoms with Crippen LogP contribution in [0, 0.1) is 0 Å². The van der Waals surface area contributed by atoms with Gasteiger partial charge in [-0.15, -0.1) is 0 Å². The molecule has 0 bridgehead atoms. The molecule has 0 aromatic carbocycles. The molecule has 0 aliphatic rings. The molecule has 3 nitrogen and oxygen atoms in total. The van der Waals surface area contributed by atoms with Gasteiger partial charge in [0.1, 0.15) is 0 Å². The predicted molar refractivity (Wildman–Crippen MR) is 54.4 cm³/mol. The Kier molecular flexibility index (Phi) is 8.40. The fourth-order valence-corrected chi connectivity index (χ4v) is 1.27. The topological polar surface area (TPSA) is 66.5 Å². The molecule has 80 valence electrons. The van der Waals surface area contributed by atoms with Crippen LogP contribution in [0.1, 0.15) is 45.4 Å². The lowest BCUT2D eigenvalue weighted by atomic mass is 10.1. The van der Waals surface area contributed by atoms with E-state index in [0.717, 1.165) is 25.8 Å². The normalized spacial score (nSPS) is 15.7. The van der Waals surface area contributed by atoms with Crippen LogP contribution in [0.4, 0.5) is 0 Å². The van der Waals surface area contributed by atoms with Crippen LogP contribution in [0.25, 0.3) is 0 Å². The zero-order valence-electron chi connectivity index (χ0n) is 8.58. The first-order valence-electron chi connectivity index (χ1n) is 5.24. The molecular weight excluding hydrogens is 166 g/mol. The van der Waals surface area contributed by atoms with E-state index >= 15 is 0 Å². The lowest BCUT2D eigenvalue weighted by Gasteiger charge is -2.12. The van der Waals surface area contributed by atoms with Gasteiger partial charge in [-0.05, 0) is 26.3 Å². The molecular formula is C10H23NO2. The van der Waals surface area contributed by atoms with Gasteiger partial charge in [0.15, 0.2) is 0 Å². The molecule has 0 radical (unpaired) electrons. The molecule has 0 saturated heterocycles. The lowest BCUT2D eigenvalue weighted by molar-refractivity contribution is 0.0247. The molecule has 0 aliphatic carbocycles. The van der Waals surface area contributed by atoms with Gasteiger partial charge in [-0.25, -0.2) is 0 Å². The summed E-state index contributed by atoms with van der Waals surface area (Å²) in [6, 6.07) is 0. The van der Waals surface area contributed by atoms with E-state index in [-0.39, 0.29) is 0 Å². The van der Waals surface area contributed by atoms with Gasteiger partial charge in [0.25, 0.3) is 0 Å². The quantitative estimate of drug-likeness (QED) is 0.500. The fraction of sp³-hybridized carbons (Fsp3) is 1.00. The van der Waals surface area contributed by atoms with Crippen molar-refractivity contribution < 1.29 is 10.2 Å². The molecule has 0 aromatic heterocycles. The van der Waals surface area contributed by atoms with E-state index in [1.165, 1.54) is 12.8 Å². The van der Waals surface area contributed by atoms with E-state index in [1.807, 2.05) is 0 Å². The number of hydrogen-bond acceptors (Lipinski definition) is 3. The molecule has 0 fully saturated rings. The van der Waals surface area contributed by atoms with Crippen molar-refractivity contribution in [2.75, 3.05) is 6.54 Å². The SMILES string of the molecule is CC(O)C(O)CCCCCCCN. The highest BCUT2D eigenvalue weighted by Crippen LogP contribution is 2.08. The molecule has 0 saturated carbocycles. The summed E-state index contributed by atoms with van der Waals surface area (Å²) in [5, 5.41) is 18.3. The fourth-order valence-electron chi connectivity index (χ4n) is 1.27. The first-order chi connectivity index (χ1) is 6.18. The Hall–Kier alpha value is -0.120. The van der Waals surface area contributed by atoms with Crippen molar-refractivity contribution in [2.45, 2.75) is 57.7 Å². The van der Waals surface area contributed by atoms with E-state index in [9.17, 15) is 5.11 Å². The van der Waals surface area contributed by atoms with E-state index < -0.39 is 12.2 Å². The molecule has 0 rings (SSSR count). The Morgan fingerprint density at radius 1 is 1.00 bits per heavy atom. The number of hydrogen-bond donors (Lipinski definition) is 3. The van der Waals surface area contributed by atoms with Crippen LogP contribution in [0.5, 0.6) is 0 Å². The van der Waals surface area contributed by atoms with Crippen LogP contribution in [0.15, 0.2) is 0 Å². The zero-order valence-corrected chi connectivity index (χ0v) is 8.58. The summed E-state index contributed by atoms with van der Waals surface area (Å²) in [5.74, 6) is 0. The average Bonchev–Trinajstić information content (AvgIpc) is 2.10. The molecule has 4 N–H and O–H groups in total. The highest BCUT2D eigenvalue weighted by molar-refractivity contribution is 4.61. The third-order valence-corrected chi connectivity index (χ3v) is 2.26. The Labute approximate surface area is 81.0 Å². The van der Waals surface area contributed by atoms with Gasteiger partial charge in [0.2, 0.25) is 0 Å². The van der Waals surface area contributed by atoms with Crippen LogP contribution >= 0.6 is 0 Å². The van der Waals surface area contributed by atoms with Crippen molar-refractivity contribution in [2.24, 2.45) is 5.73 Å². The Bertz CT molecular complexity index is 107. The summed E-state index contributed by atoms with van der Waals surface area (Å²) in [6.45, 7) is 2.40. The first kappa shape index (κ1) is 12.9. The number of unbranched alkanes of at least 4 members (excludes halogenated alkanes) is 4. The van der Waals surface area contributed by atoms with Crippen LogP contribution in [0.2, 0.25) is 0 Å². The van der Waals surface area contributed by atoms with Crippen LogP contribution in [0.3, 0.4) is 0 Å². The molecule has 0 aliphatic heterocycles. The van der Waals surface area contributed by atoms with Crippen LogP contribution in [-0.2, 0) is 0 Å². The Morgan fingerprint density at radius 3 is 2.08 bits per heavy atom. The summed E-state index contributed by atoms with van der Waals surface area (Å²) in [5.41, 5.74) is 5.36. The first-order valence-corrected chi connectivity index (χ1v) is 5.24. The van der Waals surface area contributed by atoms with Crippen molar-refractivity contribution in [1.82, 2.24) is 0 Å². The molecule has 0 spiro atoms. The maximum absolute atomic E-state index is 9.26. The second kappa shape index (κ2) is 8.48. The minimum Gasteiger partial charge on any atom is -0.391 e. The number of rotatable bonds is 8. The lowest BCUT2D eigenvalue weighted by Crippen LogP contribution is -2.21. The molecule has 3 heteroatoms. The monoisotopic (exact) mass is 189 g/mol. The molecule has 2 atom stereocenters. The molecule has 2 unspecified atom stereocenters. The minimum atomic E-state index is -0.593. The third kappa shape index (κ3) is 8.22. The second-order valence-electron chi connectivity index (χ2n) is 3.65. The molecule has 0 heterocycles. The van der Waals surface area contributed by atoms with Crippen LogP contribution in [-0.4, -0.2) is 29.0 Å². The van der Waals surface area contributed by atoms with Crippen molar-refractivity contribution in [3.8, 4) is 0 Å².